The van der Waals surface area contributed by atoms with Gasteiger partial charge in [0, 0.05) is 33.4 Å². The second kappa shape index (κ2) is 7.22. The van der Waals surface area contributed by atoms with Crippen LogP contribution in [0.5, 0.6) is 0 Å². The molecule has 1 fully saturated rings. The Hall–Kier alpha value is -0.160. The summed E-state index contributed by atoms with van der Waals surface area (Å²) >= 11 is 0. The van der Waals surface area contributed by atoms with Crippen molar-refractivity contribution in [2.75, 3.05) is 47.5 Å². The smallest absolute Gasteiger partial charge is 0.0931 e. The first-order chi connectivity index (χ1) is 7.71. The largest absolute Gasteiger partial charge is 0.382 e. The molecule has 0 saturated carbocycles. The number of hydrogen-bond acceptors (Lipinski definition) is 4. The Morgan fingerprint density at radius 1 is 1.44 bits per heavy atom. The first-order valence-corrected chi connectivity index (χ1v) is 6.12. The van der Waals surface area contributed by atoms with Crippen LogP contribution in [0.4, 0.5) is 0 Å². The van der Waals surface area contributed by atoms with Gasteiger partial charge in [0.1, 0.15) is 0 Å². The number of likely N-dealkylation sites (tertiary alicyclic amines) is 1. The van der Waals surface area contributed by atoms with E-state index in [9.17, 15) is 0 Å². The lowest BCUT2D eigenvalue weighted by atomic mass is 9.94. The highest BCUT2D eigenvalue weighted by Gasteiger charge is 2.26. The fraction of sp³-hybridized carbons (Fsp3) is 1.00. The van der Waals surface area contributed by atoms with Crippen molar-refractivity contribution < 1.29 is 9.47 Å². The maximum atomic E-state index is 5.40. The summed E-state index contributed by atoms with van der Waals surface area (Å²) in [6.45, 7) is 6.27. The summed E-state index contributed by atoms with van der Waals surface area (Å²) in [6, 6.07) is 0.666. The molecule has 16 heavy (non-hydrogen) atoms. The van der Waals surface area contributed by atoms with Gasteiger partial charge in [-0.3, -0.25) is 0 Å². The zero-order chi connectivity index (χ0) is 12.0. The Bertz CT molecular complexity index is 190. The highest BCUT2D eigenvalue weighted by molar-refractivity contribution is 4.82. The zero-order valence-corrected chi connectivity index (χ0v) is 11.0. The number of piperidine rings is 1. The van der Waals surface area contributed by atoms with Gasteiger partial charge in [0.15, 0.2) is 0 Å². The molecule has 0 amide bonds. The van der Waals surface area contributed by atoms with Crippen molar-refractivity contribution >= 4 is 0 Å². The van der Waals surface area contributed by atoms with Gasteiger partial charge < -0.3 is 19.7 Å². The number of rotatable bonds is 6. The summed E-state index contributed by atoms with van der Waals surface area (Å²) in [5, 5.41) is 3.38. The number of ether oxygens (including phenoxy) is 2. The third-order valence-corrected chi connectivity index (χ3v) is 3.51. The van der Waals surface area contributed by atoms with Crippen LogP contribution in [0.15, 0.2) is 0 Å². The summed E-state index contributed by atoms with van der Waals surface area (Å²) in [7, 11) is 5.54. The molecule has 0 aromatic rings. The lowest BCUT2D eigenvalue weighted by molar-refractivity contribution is -0.00339. The Morgan fingerprint density at radius 3 is 2.69 bits per heavy atom. The van der Waals surface area contributed by atoms with Crippen LogP contribution >= 0.6 is 0 Å². The van der Waals surface area contributed by atoms with Gasteiger partial charge in [0.2, 0.25) is 0 Å². The molecule has 96 valence electrons. The van der Waals surface area contributed by atoms with E-state index >= 15 is 0 Å². The molecule has 0 aliphatic carbocycles. The maximum absolute atomic E-state index is 5.40. The third kappa shape index (κ3) is 4.01. The molecule has 0 bridgehead atoms. The van der Waals surface area contributed by atoms with E-state index in [2.05, 4.69) is 24.2 Å². The maximum Gasteiger partial charge on any atom is 0.0931 e. The molecule has 1 saturated heterocycles. The minimum Gasteiger partial charge on any atom is -0.382 e. The van der Waals surface area contributed by atoms with Crippen LogP contribution in [0.25, 0.3) is 0 Å². The minimum absolute atomic E-state index is 0.198. The van der Waals surface area contributed by atoms with Crippen LogP contribution in [0, 0.1) is 5.92 Å². The van der Waals surface area contributed by atoms with E-state index in [-0.39, 0.29) is 6.10 Å². The lowest BCUT2D eigenvalue weighted by Gasteiger charge is -2.38. The average Bonchev–Trinajstić information content (AvgIpc) is 2.28. The van der Waals surface area contributed by atoms with Crippen molar-refractivity contribution in [1.29, 1.82) is 0 Å². The summed E-state index contributed by atoms with van der Waals surface area (Å²) < 4.78 is 10.5. The molecule has 4 heteroatoms. The molecule has 1 aliphatic heterocycles. The van der Waals surface area contributed by atoms with Gasteiger partial charge in [-0.05, 0) is 25.9 Å². The highest BCUT2D eigenvalue weighted by atomic mass is 16.5. The second-order valence-electron chi connectivity index (χ2n) is 4.73. The lowest BCUT2D eigenvalue weighted by Crippen LogP contribution is -2.49. The highest BCUT2D eigenvalue weighted by Crippen LogP contribution is 2.16. The second-order valence-corrected chi connectivity index (χ2v) is 4.73. The molecule has 0 aromatic heterocycles. The number of nitrogens with zero attached hydrogens (tertiary/aromatic N) is 1. The predicted molar refractivity (Wildman–Crippen MR) is 65.7 cm³/mol. The molecular weight excluding hydrogens is 204 g/mol. The Labute approximate surface area is 99.3 Å². The van der Waals surface area contributed by atoms with Crippen LogP contribution in [0.1, 0.15) is 13.3 Å². The summed E-state index contributed by atoms with van der Waals surface area (Å²) in [4.78, 5) is 2.48. The van der Waals surface area contributed by atoms with Crippen molar-refractivity contribution in [3.05, 3.63) is 0 Å². The van der Waals surface area contributed by atoms with Gasteiger partial charge in [-0.1, -0.05) is 6.92 Å². The van der Waals surface area contributed by atoms with E-state index < -0.39 is 0 Å². The number of hydrogen-bond donors (Lipinski definition) is 1. The van der Waals surface area contributed by atoms with Crippen molar-refractivity contribution in [3.63, 3.8) is 0 Å². The Kier molecular flexibility index (Phi) is 6.28. The minimum atomic E-state index is 0.198. The summed E-state index contributed by atoms with van der Waals surface area (Å²) in [5.41, 5.74) is 0. The van der Waals surface area contributed by atoms with E-state index in [1.807, 2.05) is 0 Å². The van der Waals surface area contributed by atoms with Gasteiger partial charge in [0.05, 0.1) is 12.7 Å². The predicted octanol–water partition coefficient (Wildman–Crippen LogP) is 0.578. The molecule has 1 rings (SSSR count). The van der Waals surface area contributed by atoms with Gasteiger partial charge in [0.25, 0.3) is 0 Å². The number of methoxy groups -OCH3 is 2. The van der Waals surface area contributed by atoms with Crippen molar-refractivity contribution in [1.82, 2.24) is 10.2 Å². The molecule has 4 nitrogen and oxygen atoms in total. The summed E-state index contributed by atoms with van der Waals surface area (Å²) in [5.74, 6) is 0.707. The van der Waals surface area contributed by atoms with Crippen molar-refractivity contribution in [2.24, 2.45) is 5.92 Å². The molecule has 0 aromatic carbocycles. The van der Waals surface area contributed by atoms with E-state index in [0.29, 0.717) is 18.6 Å². The SMILES string of the molecule is CNC1CCN(CC(COC)OC)CC1C. The quantitative estimate of drug-likeness (QED) is 0.723. The van der Waals surface area contributed by atoms with E-state index in [1.165, 1.54) is 6.42 Å². The van der Waals surface area contributed by atoms with E-state index in [0.717, 1.165) is 19.6 Å². The molecular formula is C12H26N2O2. The standard InChI is InChI=1S/C12H26N2O2/c1-10-7-14(6-5-12(10)13-2)8-11(16-4)9-15-3/h10-13H,5-9H2,1-4H3. The Morgan fingerprint density at radius 2 is 2.19 bits per heavy atom. The van der Waals surface area contributed by atoms with E-state index in [4.69, 9.17) is 9.47 Å². The average molecular weight is 230 g/mol. The normalized spacial score (nSPS) is 29.2. The van der Waals surface area contributed by atoms with Gasteiger partial charge in [-0.2, -0.15) is 0 Å². The van der Waals surface area contributed by atoms with E-state index in [1.54, 1.807) is 14.2 Å². The monoisotopic (exact) mass is 230 g/mol. The molecule has 3 atom stereocenters. The Balaban J connectivity index is 2.33. The molecule has 0 radical (unpaired) electrons. The molecule has 1 N–H and O–H groups in total. The first-order valence-electron chi connectivity index (χ1n) is 6.12. The molecule has 1 aliphatic rings. The molecule has 1 heterocycles. The van der Waals surface area contributed by atoms with Crippen LogP contribution in [0.2, 0.25) is 0 Å². The van der Waals surface area contributed by atoms with Gasteiger partial charge >= 0.3 is 0 Å². The molecule has 0 spiro atoms. The van der Waals surface area contributed by atoms with Crippen LogP contribution < -0.4 is 5.32 Å². The van der Waals surface area contributed by atoms with Crippen LogP contribution in [-0.4, -0.2) is 64.6 Å². The van der Waals surface area contributed by atoms with Gasteiger partial charge in [-0.25, -0.2) is 0 Å². The fourth-order valence-corrected chi connectivity index (χ4v) is 2.50. The topological polar surface area (TPSA) is 33.7 Å². The zero-order valence-electron chi connectivity index (χ0n) is 11.0. The van der Waals surface area contributed by atoms with Crippen molar-refractivity contribution in [3.8, 4) is 0 Å². The molecule has 3 unspecified atom stereocenters. The first kappa shape index (κ1) is 13.9. The van der Waals surface area contributed by atoms with Gasteiger partial charge in [-0.15, -0.1) is 0 Å². The summed E-state index contributed by atoms with van der Waals surface area (Å²) in [6.07, 6.45) is 1.42. The van der Waals surface area contributed by atoms with Crippen LogP contribution in [-0.2, 0) is 9.47 Å². The fourth-order valence-electron chi connectivity index (χ4n) is 2.50. The van der Waals surface area contributed by atoms with Crippen molar-refractivity contribution in [2.45, 2.75) is 25.5 Å². The third-order valence-electron chi connectivity index (χ3n) is 3.51. The van der Waals surface area contributed by atoms with Crippen LogP contribution in [0.3, 0.4) is 0 Å². The number of nitrogens with one attached hydrogen (secondary N) is 1.